The molecule has 0 saturated carbocycles. The van der Waals surface area contributed by atoms with E-state index in [9.17, 15) is 22.8 Å². The fourth-order valence-corrected chi connectivity index (χ4v) is 3.99. The van der Waals surface area contributed by atoms with Gasteiger partial charge in [-0.15, -0.1) is 0 Å². The molecule has 0 radical (unpaired) electrons. The van der Waals surface area contributed by atoms with Crippen molar-refractivity contribution in [1.82, 2.24) is 14.8 Å². The van der Waals surface area contributed by atoms with Crippen LogP contribution in [0, 0.1) is 31.3 Å². The zero-order chi connectivity index (χ0) is 24.0. The minimum Gasteiger partial charge on any atom is -0.366 e. The summed E-state index contributed by atoms with van der Waals surface area (Å²) in [5.41, 5.74) is 11.2. The van der Waals surface area contributed by atoms with Crippen LogP contribution in [0.25, 0.3) is 22.0 Å². The largest absolute Gasteiger partial charge is 0.366 e. The molecule has 4 N–H and O–H groups in total. The number of primary amides is 2. The van der Waals surface area contributed by atoms with E-state index < -0.39 is 29.3 Å². The van der Waals surface area contributed by atoms with Gasteiger partial charge in [0.1, 0.15) is 23.1 Å². The molecule has 0 atom stereocenters. The van der Waals surface area contributed by atoms with Crippen molar-refractivity contribution in [2.24, 2.45) is 11.5 Å². The number of amides is 2. The summed E-state index contributed by atoms with van der Waals surface area (Å²) in [5, 5.41) is 4.16. The SMILES string of the molecule is Cc1nn(Cc2c(F)cccc2F)c(C)c1-c1c(C(N)=O)nc2cccc(F)c2c1C(N)=O. The van der Waals surface area contributed by atoms with Crippen LogP contribution in [0.15, 0.2) is 36.4 Å². The topological polar surface area (TPSA) is 117 Å². The number of nitrogens with zero attached hydrogens (tertiary/aromatic N) is 3. The highest BCUT2D eigenvalue weighted by atomic mass is 19.1. The lowest BCUT2D eigenvalue weighted by Crippen LogP contribution is -2.21. The van der Waals surface area contributed by atoms with Crippen LogP contribution < -0.4 is 11.5 Å². The molecule has 33 heavy (non-hydrogen) atoms. The number of pyridine rings is 1. The Labute approximate surface area is 185 Å². The second-order valence-corrected chi connectivity index (χ2v) is 7.48. The van der Waals surface area contributed by atoms with Gasteiger partial charge in [0.15, 0.2) is 0 Å². The molecular weight excluding hydrogens is 435 g/mol. The van der Waals surface area contributed by atoms with Gasteiger partial charge in [-0.3, -0.25) is 14.3 Å². The smallest absolute Gasteiger partial charge is 0.267 e. The van der Waals surface area contributed by atoms with Crippen molar-refractivity contribution < 1.29 is 22.8 Å². The first-order valence-corrected chi connectivity index (χ1v) is 9.80. The minimum atomic E-state index is -1.00. The van der Waals surface area contributed by atoms with Crippen LogP contribution in [-0.4, -0.2) is 26.6 Å². The van der Waals surface area contributed by atoms with Crippen molar-refractivity contribution in [1.29, 1.82) is 0 Å². The third-order valence-electron chi connectivity index (χ3n) is 5.44. The molecule has 2 heterocycles. The maximum atomic E-state index is 14.8. The van der Waals surface area contributed by atoms with E-state index in [1.165, 1.54) is 22.9 Å². The standard InChI is InChI=1S/C23H18F3N5O2/c1-10-17(11(2)31(30-10)9-12-13(24)5-3-6-14(12)25)19-20(22(27)32)18-15(26)7-4-8-16(18)29-21(19)23(28)33/h3-8H,9H2,1-2H3,(H2,27,32)(H2,28,33). The summed E-state index contributed by atoms with van der Waals surface area (Å²) >= 11 is 0. The van der Waals surface area contributed by atoms with Gasteiger partial charge in [0.2, 0.25) is 5.91 Å². The van der Waals surface area contributed by atoms with E-state index in [2.05, 4.69) is 10.1 Å². The Morgan fingerprint density at radius 2 is 1.52 bits per heavy atom. The number of aromatic nitrogens is 3. The molecule has 0 saturated heterocycles. The quantitative estimate of drug-likeness (QED) is 0.482. The summed E-state index contributed by atoms with van der Waals surface area (Å²) < 4.78 is 44.5. The summed E-state index contributed by atoms with van der Waals surface area (Å²) in [6, 6.07) is 7.42. The van der Waals surface area contributed by atoms with Gasteiger partial charge >= 0.3 is 0 Å². The number of carbonyl (C=O) groups is 2. The Hall–Kier alpha value is -4.21. The lowest BCUT2D eigenvalue weighted by Gasteiger charge is -2.15. The first-order valence-electron chi connectivity index (χ1n) is 9.80. The second kappa shape index (κ2) is 8.05. The zero-order valence-corrected chi connectivity index (χ0v) is 17.6. The predicted octanol–water partition coefficient (Wildman–Crippen LogP) is 3.38. The third kappa shape index (κ3) is 3.59. The molecule has 0 spiro atoms. The molecule has 4 rings (SSSR count). The van der Waals surface area contributed by atoms with Crippen molar-refractivity contribution in [3.63, 3.8) is 0 Å². The van der Waals surface area contributed by atoms with Gasteiger partial charge in [-0.2, -0.15) is 5.10 Å². The van der Waals surface area contributed by atoms with E-state index in [-0.39, 0.29) is 45.4 Å². The van der Waals surface area contributed by atoms with Gasteiger partial charge in [0.25, 0.3) is 5.91 Å². The number of benzene rings is 2. The summed E-state index contributed by atoms with van der Waals surface area (Å²) in [6.45, 7) is 2.88. The second-order valence-electron chi connectivity index (χ2n) is 7.48. The molecule has 2 aromatic heterocycles. The van der Waals surface area contributed by atoms with Gasteiger partial charge < -0.3 is 11.5 Å². The zero-order valence-electron chi connectivity index (χ0n) is 17.6. The molecular formula is C23H18F3N5O2. The first-order chi connectivity index (χ1) is 15.6. The Morgan fingerprint density at radius 1 is 0.909 bits per heavy atom. The van der Waals surface area contributed by atoms with Gasteiger partial charge in [-0.05, 0) is 38.1 Å². The van der Waals surface area contributed by atoms with Crippen LogP contribution in [-0.2, 0) is 6.54 Å². The molecule has 2 amide bonds. The van der Waals surface area contributed by atoms with Crippen molar-refractivity contribution >= 4 is 22.7 Å². The number of rotatable bonds is 5. The predicted molar refractivity (Wildman–Crippen MR) is 115 cm³/mol. The average Bonchev–Trinajstić information content (AvgIpc) is 3.02. The maximum Gasteiger partial charge on any atom is 0.267 e. The van der Waals surface area contributed by atoms with E-state index >= 15 is 0 Å². The van der Waals surface area contributed by atoms with Crippen LogP contribution >= 0.6 is 0 Å². The summed E-state index contributed by atoms with van der Waals surface area (Å²) in [4.78, 5) is 29.0. The third-order valence-corrected chi connectivity index (χ3v) is 5.44. The van der Waals surface area contributed by atoms with Crippen LogP contribution in [0.2, 0.25) is 0 Å². The first kappa shape index (κ1) is 22.0. The normalized spacial score (nSPS) is 11.2. The fraction of sp³-hybridized carbons (Fsp3) is 0.130. The van der Waals surface area contributed by atoms with Crippen molar-refractivity contribution in [3.05, 3.63) is 82.1 Å². The highest BCUT2D eigenvalue weighted by Gasteiger charge is 2.29. The van der Waals surface area contributed by atoms with Gasteiger partial charge in [-0.25, -0.2) is 18.2 Å². The highest BCUT2D eigenvalue weighted by Crippen LogP contribution is 2.37. The molecule has 4 aromatic rings. The molecule has 10 heteroatoms. The number of aryl methyl sites for hydroxylation is 1. The maximum absolute atomic E-state index is 14.8. The number of hydrogen-bond acceptors (Lipinski definition) is 4. The summed E-state index contributed by atoms with van der Waals surface area (Å²) in [6.07, 6.45) is 0. The fourth-order valence-electron chi connectivity index (χ4n) is 3.99. The monoisotopic (exact) mass is 453 g/mol. The Kier molecular flexibility index (Phi) is 5.36. The molecule has 0 bridgehead atoms. The van der Waals surface area contributed by atoms with E-state index in [4.69, 9.17) is 11.5 Å². The van der Waals surface area contributed by atoms with Crippen LogP contribution in [0.4, 0.5) is 13.2 Å². The molecule has 0 aliphatic heterocycles. The van der Waals surface area contributed by atoms with E-state index in [1.54, 1.807) is 13.8 Å². The molecule has 168 valence electrons. The van der Waals surface area contributed by atoms with Crippen LogP contribution in [0.5, 0.6) is 0 Å². The molecule has 0 fully saturated rings. The Bertz CT molecular complexity index is 1440. The van der Waals surface area contributed by atoms with Crippen molar-refractivity contribution in [3.8, 4) is 11.1 Å². The number of nitrogens with two attached hydrogens (primary N) is 2. The molecule has 7 nitrogen and oxygen atoms in total. The summed E-state index contributed by atoms with van der Waals surface area (Å²) in [5.74, 6) is -4.24. The molecule has 0 unspecified atom stereocenters. The van der Waals surface area contributed by atoms with E-state index in [0.29, 0.717) is 11.4 Å². The lowest BCUT2D eigenvalue weighted by atomic mass is 9.92. The van der Waals surface area contributed by atoms with Gasteiger partial charge in [0.05, 0.1) is 23.3 Å². The molecule has 0 aliphatic carbocycles. The van der Waals surface area contributed by atoms with Crippen molar-refractivity contribution in [2.45, 2.75) is 20.4 Å². The molecule has 0 aliphatic rings. The Morgan fingerprint density at radius 3 is 2.12 bits per heavy atom. The van der Waals surface area contributed by atoms with E-state index in [1.807, 2.05) is 0 Å². The molecule has 2 aromatic carbocycles. The number of hydrogen-bond donors (Lipinski definition) is 2. The number of fused-ring (bicyclic) bond motifs is 1. The Balaban J connectivity index is 2.05. The average molecular weight is 453 g/mol. The number of carbonyl (C=O) groups excluding carboxylic acids is 2. The van der Waals surface area contributed by atoms with E-state index in [0.717, 1.165) is 18.2 Å². The van der Waals surface area contributed by atoms with Crippen molar-refractivity contribution in [2.75, 3.05) is 0 Å². The van der Waals surface area contributed by atoms with Gasteiger partial charge in [0, 0.05) is 27.8 Å². The minimum absolute atomic E-state index is 0.0254. The van der Waals surface area contributed by atoms with Crippen LogP contribution in [0.1, 0.15) is 37.8 Å². The van der Waals surface area contributed by atoms with Gasteiger partial charge in [-0.1, -0.05) is 12.1 Å². The lowest BCUT2D eigenvalue weighted by molar-refractivity contribution is 0.0996. The summed E-state index contributed by atoms with van der Waals surface area (Å²) in [7, 11) is 0. The highest BCUT2D eigenvalue weighted by molar-refractivity contribution is 6.15. The van der Waals surface area contributed by atoms with Crippen LogP contribution in [0.3, 0.4) is 0 Å². The number of halogens is 3.